The van der Waals surface area contributed by atoms with Gasteiger partial charge in [0.05, 0.1) is 19.9 Å². The topological polar surface area (TPSA) is 98.5 Å². The molecule has 2 aromatic rings. The monoisotopic (exact) mass is 316 g/mol. The van der Waals surface area contributed by atoms with Gasteiger partial charge in [-0.25, -0.2) is 17.9 Å². The lowest BCUT2D eigenvalue weighted by molar-refractivity contribution is 0.0602. The largest absolute Gasteiger partial charge is 0.465 e. The molecule has 20 heavy (non-hydrogen) atoms. The van der Waals surface area contributed by atoms with E-state index in [-0.39, 0.29) is 16.3 Å². The van der Waals surface area contributed by atoms with Gasteiger partial charge in [-0.15, -0.1) is 11.3 Å². The predicted octanol–water partition coefficient (Wildman–Crippen LogP) is 1.31. The van der Waals surface area contributed by atoms with Crippen molar-refractivity contribution in [1.82, 2.24) is 9.88 Å². The van der Waals surface area contributed by atoms with Gasteiger partial charge < -0.3 is 9.26 Å². The first-order valence-electron chi connectivity index (χ1n) is 5.51. The number of hydrogen-bond donors (Lipinski definition) is 1. The van der Waals surface area contributed by atoms with Crippen LogP contribution in [0, 0.1) is 6.92 Å². The first-order valence-corrected chi connectivity index (χ1v) is 7.87. The molecule has 0 atom stereocenters. The molecule has 2 aromatic heterocycles. The maximum absolute atomic E-state index is 12.3. The highest BCUT2D eigenvalue weighted by Gasteiger charge is 2.27. The van der Waals surface area contributed by atoms with E-state index in [0.29, 0.717) is 11.3 Å². The number of hydrogen-bond acceptors (Lipinski definition) is 7. The number of rotatable bonds is 5. The second-order valence-electron chi connectivity index (χ2n) is 3.87. The van der Waals surface area contributed by atoms with Gasteiger partial charge in [0, 0.05) is 6.07 Å². The third-order valence-electron chi connectivity index (χ3n) is 2.49. The van der Waals surface area contributed by atoms with Crippen LogP contribution in [0.15, 0.2) is 27.1 Å². The lowest BCUT2D eigenvalue weighted by Crippen LogP contribution is -2.25. The minimum atomic E-state index is -3.84. The van der Waals surface area contributed by atoms with Crippen molar-refractivity contribution in [2.24, 2.45) is 0 Å². The summed E-state index contributed by atoms with van der Waals surface area (Å²) in [5.41, 5.74) is 0.487. The number of carbonyl (C=O) groups is 1. The molecule has 0 bridgehead atoms. The number of nitrogens with zero attached hydrogens (tertiary/aromatic N) is 1. The molecule has 108 valence electrons. The third kappa shape index (κ3) is 2.89. The normalized spacial score (nSPS) is 11.5. The molecular formula is C11H12N2O5S2. The summed E-state index contributed by atoms with van der Waals surface area (Å²) in [7, 11) is -2.63. The lowest BCUT2D eigenvalue weighted by Gasteiger charge is -2.07. The molecule has 2 heterocycles. The molecule has 2 rings (SSSR count). The van der Waals surface area contributed by atoms with Crippen molar-refractivity contribution in [3.05, 3.63) is 33.8 Å². The Kier molecular flexibility index (Phi) is 4.21. The van der Waals surface area contributed by atoms with Gasteiger partial charge in [0.15, 0.2) is 5.76 Å². The predicted molar refractivity (Wildman–Crippen MR) is 70.9 cm³/mol. The van der Waals surface area contributed by atoms with Crippen molar-refractivity contribution in [3.8, 4) is 0 Å². The Hall–Kier alpha value is -1.71. The average molecular weight is 316 g/mol. The Labute approximate surface area is 119 Å². The summed E-state index contributed by atoms with van der Waals surface area (Å²) in [5, 5.41) is 5.07. The zero-order chi connectivity index (χ0) is 14.8. The molecule has 0 aromatic carbocycles. The van der Waals surface area contributed by atoms with Crippen LogP contribution in [-0.2, 0) is 21.3 Å². The number of ether oxygens (including phenoxy) is 1. The fourth-order valence-electron chi connectivity index (χ4n) is 1.57. The number of methoxy groups -OCH3 is 1. The van der Waals surface area contributed by atoms with Crippen molar-refractivity contribution in [2.75, 3.05) is 7.11 Å². The van der Waals surface area contributed by atoms with Gasteiger partial charge >= 0.3 is 5.97 Å². The van der Waals surface area contributed by atoms with Crippen molar-refractivity contribution < 1.29 is 22.5 Å². The molecule has 0 aliphatic heterocycles. The summed E-state index contributed by atoms with van der Waals surface area (Å²) < 4.78 is 36.3. The van der Waals surface area contributed by atoms with Gasteiger partial charge in [0.1, 0.15) is 9.77 Å². The highest BCUT2D eigenvalue weighted by atomic mass is 32.2. The molecule has 0 aliphatic carbocycles. The molecule has 9 heteroatoms. The fourth-order valence-corrected chi connectivity index (χ4v) is 4.27. The number of aromatic nitrogens is 1. The molecule has 0 spiro atoms. The Morgan fingerprint density at radius 3 is 2.90 bits per heavy atom. The molecule has 1 N–H and O–H groups in total. The van der Waals surface area contributed by atoms with E-state index in [0.717, 1.165) is 11.3 Å². The minimum absolute atomic E-state index is 0.0434. The quantitative estimate of drug-likeness (QED) is 0.835. The van der Waals surface area contributed by atoms with E-state index in [9.17, 15) is 13.2 Å². The zero-order valence-corrected chi connectivity index (χ0v) is 12.4. The lowest BCUT2D eigenvalue weighted by atomic mass is 10.3. The molecule has 0 radical (unpaired) electrons. The SMILES string of the molecule is COC(=O)c1scc(C)c1S(=O)(=O)NCc1ccno1. The first-order chi connectivity index (χ1) is 9.45. The second-order valence-corrected chi connectivity index (χ2v) is 6.46. The summed E-state index contributed by atoms with van der Waals surface area (Å²) in [5.74, 6) is -0.302. The standard InChI is InChI=1S/C11H12N2O5S2/c1-7-6-19-9(11(14)17-2)10(7)20(15,16)13-5-8-3-4-12-18-8/h3-4,6,13H,5H2,1-2H3. The molecule has 0 unspecified atom stereocenters. The zero-order valence-electron chi connectivity index (χ0n) is 10.7. The first kappa shape index (κ1) is 14.7. The molecule has 0 saturated carbocycles. The van der Waals surface area contributed by atoms with Gasteiger partial charge in [0.2, 0.25) is 10.0 Å². The van der Waals surface area contributed by atoms with E-state index in [1.54, 1.807) is 18.4 Å². The summed E-state index contributed by atoms with van der Waals surface area (Å²) in [4.78, 5) is 11.6. The van der Waals surface area contributed by atoms with E-state index in [2.05, 4.69) is 14.6 Å². The van der Waals surface area contributed by atoms with E-state index in [1.165, 1.54) is 13.3 Å². The maximum Gasteiger partial charge on any atom is 0.349 e. The second kappa shape index (κ2) is 5.73. The third-order valence-corrected chi connectivity index (χ3v) is 5.28. The molecule has 7 nitrogen and oxygen atoms in total. The van der Waals surface area contributed by atoms with Gasteiger partial charge in [0.25, 0.3) is 0 Å². The average Bonchev–Trinajstić information content (AvgIpc) is 3.04. The Balaban J connectivity index is 2.29. The van der Waals surface area contributed by atoms with E-state index >= 15 is 0 Å². The van der Waals surface area contributed by atoms with Crippen LogP contribution in [0.25, 0.3) is 0 Å². The van der Waals surface area contributed by atoms with Crippen LogP contribution in [0.2, 0.25) is 0 Å². The number of sulfonamides is 1. The molecule has 0 amide bonds. The van der Waals surface area contributed by atoms with Crippen molar-refractivity contribution >= 4 is 27.3 Å². The number of aryl methyl sites for hydroxylation is 1. The van der Waals surface area contributed by atoms with Crippen LogP contribution < -0.4 is 4.72 Å². The van der Waals surface area contributed by atoms with Crippen molar-refractivity contribution in [3.63, 3.8) is 0 Å². The Morgan fingerprint density at radius 2 is 2.30 bits per heavy atom. The number of carbonyl (C=O) groups excluding carboxylic acids is 1. The highest BCUT2D eigenvalue weighted by Crippen LogP contribution is 2.27. The molecule has 0 saturated heterocycles. The van der Waals surface area contributed by atoms with Crippen molar-refractivity contribution in [1.29, 1.82) is 0 Å². The Morgan fingerprint density at radius 1 is 1.55 bits per heavy atom. The fraction of sp³-hybridized carbons (Fsp3) is 0.273. The number of nitrogens with one attached hydrogen (secondary N) is 1. The van der Waals surface area contributed by atoms with Crippen LogP contribution in [0.3, 0.4) is 0 Å². The van der Waals surface area contributed by atoms with Gasteiger partial charge in [-0.2, -0.15) is 0 Å². The highest BCUT2D eigenvalue weighted by molar-refractivity contribution is 7.89. The van der Waals surface area contributed by atoms with Crippen LogP contribution in [0.4, 0.5) is 0 Å². The van der Waals surface area contributed by atoms with E-state index in [4.69, 9.17) is 4.52 Å². The van der Waals surface area contributed by atoms with E-state index in [1.807, 2.05) is 0 Å². The van der Waals surface area contributed by atoms with Crippen LogP contribution >= 0.6 is 11.3 Å². The van der Waals surface area contributed by atoms with Gasteiger partial charge in [-0.3, -0.25) is 0 Å². The summed E-state index contributed by atoms with van der Waals surface area (Å²) >= 11 is 1.03. The summed E-state index contributed by atoms with van der Waals surface area (Å²) in [6, 6.07) is 1.55. The molecule has 0 aliphatic rings. The molecule has 0 fully saturated rings. The van der Waals surface area contributed by atoms with E-state index < -0.39 is 16.0 Å². The number of esters is 1. The van der Waals surface area contributed by atoms with Crippen molar-refractivity contribution in [2.45, 2.75) is 18.4 Å². The number of thiophene rings is 1. The minimum Gasteiger partial charge on any atom is -0.465 e. The van der Waals surface area contributed by atoms with Crippen LogP contribution in [0.5, 0.6) is 0 Å². The molecular weight excluding hydrogens is 304 g/mol. The smallest absolute Gasteiger partial charge is 0.349 e. The van der Waals surface area contributed by atoms with Gasteiger partial charge in [-0.05, 0) is 17.9 Å². The van der Waals surface area contributed by atoms with Crippen LogP contribution in [-0.4, -0.2) is 26.7 Å². The summed E-state index contributed by atoms with van der Waals surface area (Å²) in [6.45, 7) is 1.57. The van der Waals surface area contributed by atoms with Crippen LogP contribution in [0.1, 0.15) is 21.0 Å². The Bertz CT molecular complexity index is 703. The maximum atomic E-state index is 12.3. The van der Waals surface area contributed by atoms with Gasteiger partial charge in [-0.1, -0.05) is 5.16 Å². The summed E-state index contributed by atoms with van der Waals surface area (Å²) in [6.07, 6.45) is 1.42.